The highest BCUT2D eigenvalue weighted by Gasteiger charge is 2.13. The molecule has 3 aromatic carbocycles. The molecule has 0 spiro atoms. The van der Waals surface area contributed by atoms with Crippen LogP contribution in [0.2, 0.25) is 0 Å². The quantitative estimate of drug-likeness (QED) is 0.446. The first-order valence-corrected chi connectivity index (χ1v) is 7.85. The fraction of sp³-hybridized carbons (Fsp3) is 0. The standard InChI is InChI=1S/C20H12F3N3.ClH/c21-15-10-13(11-16(22)18(15)23)24-20-14-8-4-5-9-17(14)25-19(26-20)12-6-2-1-3-7-12;/h1-11H,(H,24,25,26);1H. The fourth-order valence-corrected chi connectivity index (χ4v) is 2.65. The van der Waals surface area contributed by atoms with Crippen LogP contribution in [0, 0.1) is 17.5 Å². The molecule has 3 nitrogen and oxygen atoms in total. The van der Waals surface area contributed by atoms with Crippen LogP contribution < -0.4 is 5.32 Å². The molecule has 1 aromatic heterocycles. The van der Waals surface area contributed by atoms with Crippen LogP contribution in [0.1, 0.15) is 0 Å². The van der Waals surface area contributed by atoms with Crippen LogP contribution in [-0.4, -0.2) is 9.97 Å². The van der Waals surface area contributed by atoms with E-state index in [1.54, 1.807) is 6.07 Å². The zero-order valence-electron chi connectivity index (χ0n) is 13.8. The molecule has 136 valence electrons. The lowest BCUT2D eigenvalue weighted by Crippen LogP contribution is -2.01. The first-order chi connectivity index (χ1) is 12.6. The lowest BCUT2D eigenvalue weighted by atomic mass is 10.2. The third kappa shape index (κ3) is 3.71. The predicted molar refractivity (Wildman–Crippen MR) is 102 cm³/mol. The van der Waals surface area contributed by atoms with Crippen LogP contribution in [0.15, 0.2) is 66.7 Å². The van der Waals surface area contributed by atoms with E-state index in [9.17, 15) is 13.2 Å². The molecular formula is C20H13ClF3N3. The number of hydrogen-bond acceptors (Lipinski definition) is 3. The van der Waals surface area contributed by atoms with Crippen LogP contribution in [0.5, 0.6) is 0 Å². The van der Waals surface area contributed by atoms with Crippen LogP contribution in [0.4, 0.5) is 24.7 Å². The number of para-hydroxylation sites is 1. The molecule has 1 N–H and O–H groups in total. The van der Waals surface area contributed by atoms with Gasteiger partial charge in [0.15, 0.2) is 23.3 Å². The Kier molecular flexibility index (Phi) is 5.28. The summed E-state index contributed by atoms with van der Waals surface area (Å²) in [5, 5.41) is 3.55. The van der Waals surface area contributed by atoms with Crippen molar-refractivity contribution in [3.05, 3.63) is 84.2 Å². The molecule has 1 heterocycles. The highest BCUT2D eigenvalue weighted by molar-refractivity contribution is 5.92. The average molecular weight is 388 g/mol. The van der Waals surface area contributed by atoms with Gasteiger partial charge >= 0.3 is 0 Å². The average Bonchev–Trinajstić information content (AvgIpc) is 2.66. The van der Waals surface area contributed by atoms with Crippen molar-refractivity contribution in [2.24, 2.45) is 0 Å². The summed E-state index contributed by atoms with van der Waals surface area (Å²) >= 11 is 0. The minimum atomic E-state index is -1.51. The lowest BCUT2D eigenvalue weighted by Gasteiger charge is -2.11. The molecule has 4 aromatic rings. The number of nitrogens with one attached hydrogen (secondary N) is 1. The van der Waals surface area contributed by atoms with E-state index in [1.165, 1.54) is 0 Å². The molecule has 0 amide bonds. The maximum absolute atomic E-state index is 13.5. The van der Waals surface area contributed by atoms with E-state index in [-0.39, 0.29) is 18.1 Å². The van der Waals surface area contributed by atoms with E-state index in [0.29, 0.717) is 22.5 Å². The Morgan fingerprint density at radius 1 is 0.741 bits per heavy atom. The number of benzene rings is 3. The van der Waals surface area contributed by atoms with Gasteiger partial charge in [0.2, 0.25) is 0 Å². The molecule has 0 fully saturated rings. The van der Waals surface area contributed by atoms with Crippen LogP contribution in [0.25, 0.3) is 22.3 Å². The molecule has 4 rings (SSSR count). The van der Waals surface area contributed by atoms with Gasteiger partial charge in [0, 0.05) is 28.8 Å². The van der Waals surface area contributed by atoms with Crippen molar-refractivity contribution in [3.63, 3.8) is 0 Å². The van der Waals surface area contributed by atoms with Crippen LogP contribution in [-0.2, 0) is 0 Å². The van der Waals surface area contributed by atoms with Gasteiger partial charge in [-0.05, 0) is 12.1 Å². The number of hydrogen-bond donors (Lipinski definition) is 1. The Morgan fingerprint density at radius 3 is 2.07 bits per heavy atom. The van der Waals surface area contributed by atoms with Crippen molar-refractivity contribution in [1.82, 2.24) is 9.97 Å². The molecule has 0 bridgehead atoms. The number of aromatic nitrogens is 2. The summed E-state index contributed by atoms with van der Waals surface area (Å²) in [5.41, 5.74) is 1.54. The van der Waals surface area contributed by atoms with E-state index >= 15 is 0 Å². The van der Waals surface area contributed by atoms with E-state index in [4.69, 9.17) is 0 Å². The van der Waals surface area contributed by atoms with Gasteiger partial charge in [-0.25, -0.2) is 23.1 Å². The largest absolute Gasteiger partial charge is 0.339 e. The summed E-state index contributed by atoms with van der Waals surface area (Å²) in [7, 11) is 0. The van der Waals surface area contributed by atoms with Crippen molar-refractivity contribution in [3.8, 4) is 11.4 Å². The fourth-order valence-electron chi connectivity index (χ4n) is 2.65. The number of halogens is 4. The van der Waals surface area contributed by atoms with E-state index in [0.717, 1.165) is 17.7 Å². The van der Waals surface area contributed by atoms with Gasteiger partial charge in [0.1, 0.15) is 5.82 Å². The Labute approximate surface area is 159 Å². The van der Waals surface area contributed by atoms with E-state index in [2.05, 4.69) is 15.3 Å². The van der Waals surface area contributed by atoms with Gasteiger partial charge in [-0.15, -0.1) is 12.4 Å². The molecule has 7 heteroatoms. The Balaban J connectivity index is 0.00000210. The summed E-state index contributed by atoms with van der Waals surface area (Å²) in [6.45, 7) is 0. The highest BCUT2D eigenvalue weighted by Crippen LogP contribution is 2.28. The molecule has 0 saturated carbocycles. The van der Waals surface area contributed by atoms with Gasteiger partial charge in [-0.2, -0.15) is 0 Å². The second kappa shape index (κ2) is 7.63. The maximum Gasteiger partial charge on any atom is 0.194 e. The summed E-state index contributed by atoms with van der Waals surface area (Å²) in [6.07, 6.45) is 0. The smallest absolute Gasteiger partial charge is 0.194 e. The van der Waals surface area contributed by atoms with Crippen molar-refractivity contribution < 1.29 is 13.2 Å². The molecule has 0 saturated heterocycles. The Bertz CT molecular complexity index is 1080. The molecular weight excluding hydrogens is 375 g/mol. The zero-order chi connectivity index (χ0) is 18.1. The Morgan fingerprint density at radius 2 is 1.37 bits per heavy atom. The molecule has 0 aliphatic rings. The zero-order valence-corrected chi connectivity index (χ0v) is 14.6. The van der Waals surface area contributed by atoms with Crippen molar-refractivity contribution in [2.45, 2.75) is 0 Å². The molecule has 27 heavy (non-hydrogen) atoms. The minimum absolute atomic E-state index is 0. The first kappa shape index (κ1) is 18.7. The first-order valence-electron chi connectivity index (χ1n) is 7.85. The van der Waals surface area contributed by atoms with E-state index in [1.807, 2.05) is 48.5 Å². The second-order valence-electron chi connectivity index (χ2n) is 5.66. The van der Waals surface area contributed by atoms with Gasteiger partial charge in [-0.1, -0.05) is 42.5 Å². The summed E-state index contributed by atoms with van der Waals surface area (Å²) in [6, 6.07) is 18.4. The number of rotatable bonds is 3. The monoisotopic (exact) mass is 387 g/mol. The lowest BCUT2D eigenvalue weighted by molar-refractivity contribution is 0.448. The summed E-state index contributed by atoms with van der Waals surface area (Å²) < 4.78 is 40.2. The summed E-state index contributed by atoms with van der Waals surface area (Å²) in [5.74, 6) is -3.20. The third-order valence-corrected chi connectivity index (χ3v) is 3.88. The van der Waals surface area contributed by atoms with Crippen molar-refractivity contribution in [1.29, 1.82) is 0 Å². The maximum atomic E-state index is 13.5. The molecule has 0 aliphatic heterocycles. The van der Waals surface area contributed by atoms with Gasteiger partial charge in [0.25, 0.3) is 0 Å². The highest BCUT2D eigenvalue weighted by atomic mass is 35.5. The number of nitrogens with zero attached hydrogens (tertiary/aromatic N) is 2. The molecule has 0 aliphatic carbocycles. The second-order valence-corrected chi connectivity index (χ2v) is 5.66. The molecule has 0 atom stereocenters. The van der Waals surface area contributed by atoms with Crippen LogP contribution in [0.3, 0.4) is 0 Å². The van der Waals surface area contributed by atoms with Gasteiger partial charge < -0.3 is 5.32 Å². The van der Waals surface area contributed by atoms with Gasteiger partial charge in [0.05, 0.1) is 5.52 Å². The van der Waals surface area contributed by atoms with E-state index < -0.39 is 17.5 Å². The van der Waals surface area contributed by atoms with Crippen molar-refractivity contribution >= 4 is 34.8 Å². The number of fused-ring (bicyclic) bond motifs is 1. The Hall–Kier alpha value is -3.12. The summed E-state index contributed by atoms with van der Waals surface area (Å²) in [4.78, 5) is 9.03. The SMILES string of the molecule is Cl.Fc1cc(Nc2nc(-c3ccccc3)nc3ccccc23)cc(F)c1F. The molecule has 0 radical (unpaired) electrons. The van der Waals surface area contributed by atoms with Gasteiger partial charge in [-0.3, -0.25) is 0 Å². The predicted octanol–water partition coefficient (Wildman–Crippen LogP) is 5.88. The third-order valence-electron chi connectivity index (χ3n) is 3.88. The van der Waals surface area contributed by atoms with Crippen molar-refractivity contribution in [2.75, 3.05) is 5.32 Å². The number of anilines is 2. The molecule has 0 unspecified atom stereocenters. The normalized spacial score (nSPS) is 10.5. The topological polar surface area (TPSA) is 37.8 Å². The minimum Gasteiger partial charge on any atom is -0.339 e. The van der Waals surface area contributed by atoms with Crippen LogP contribution >= 0.6 is 12.4 Å².